The molecule has 27 heavy (non-hydrogen) atoms. The van der Waals surface area contributed by atoms with Gasteiger partial charge >= 0.3 is 0 Å². The summed E-state index contributed by atoms with van der Waals surface area (Å²) < 4.78 is 0. The van der Waals surface area contributed by atoms with Gasteiger partial charge in [-0.1, -0.05) is 17.4 Å². The molecule has 0 spiro atoms. The van der Waals surface area contributed by atoms with Gasteiger partial charge in [0.1, 0.15) is 15.4 Å². The number of thiazole rings is 1. The predicted octanol–water partition coefficient (Wildman–Crippen LogP) is 4.52. The fraction of sp³-hybridized carbons (Fsp3) is 0. The fourth-order valence-corrected chi connectivity index (χ4v) is 3.47. The number of fused-ring (bicyclic) bond motifs is 1. The zero-order valence-corrected chi connectivity index (χ0v) is 14.6. The summed E-state index contributed by atoms with van der Waals surface area (Å²) in [7, 11) is 0. The smallest absolute Gasteiger partial charge is 0.270 e. The summed E-state index contributed by atoms with van der Waals surface area (Å²) in [5, 5.41) is 14.4. The molecule has 0 aliphatic carbocycles. The second-order valence-corrected chi connectivity index (χ2v) is 6.66. The van der Waals surface area contributed by atoms with E-state index in [4.69, 9.17) is 0 Å². The summed E-state index contributed by atoms with van der Waals surface area (Å²) in [6.07, 6.45) is 1.73. The number of nitro benzene ring substituents is 1. The van der Waals surface area contributed by atoms with Gasteiger partial charge in [-0.05, 0) is 42.5 Å². The molecule has 0 bridgehead atoms. The Hall–Kier alpha value is -3.65. The van der Waals surface area contributed by atoms with Crippen molar-refractivity contribution in [3.8, 4) is 10.6 Å². The number of hydrogen-bond donors (Lipinski definition) is 1. The van der Waals surface area contributed by atoms with Gasteiger partial charge in [0, 0.05) is 35.1 Å². The molecule has 0 saturated carbocycles. The summed E-state index contributed by atoms with van der Waals surface area (Å²) in [6.45, 7) is 0. The van der Waals surface area contributed by atoms with Crippen molar-refractivity contribution in [2.45, 2.75) is 0 Å². The molecule has 0 saturated heterocycles. The van der Waals surface area contributed by atoms with Crippen LogP contribution in [0.5, 0.6) is 0 Å². The molecule has 0 unspecified atom stereocenters. The maximum atomic E-state index is 12.3. The SMILES string of the molecule is O=C(Nc1ccc(-c2nc3cccnc3s2)cc1)c1cccc([N+](=O)[O-])c1. The topological polar surface area (TPSA) is 98.0 Å². The molecule has 1 amide bonds. The van der Waals surface area contributed by atoms with Crippen LogP contribution in [0.25, 0.3) is 20.9 Å². The second kappa shape index (κ2) is 6.93. The van der Waals surface area contributed by atoms with Crippen LogP contribution in [-0.4, -0.2) is 20.8 Å². The largest absolute Gasteiger partial charge is 0.322 e. The van der Waals surface area contributed by atoms with E-state index in [-0.39, 0.29) is 11.3 Å². The number of non-ortho nitro benzene ring substituents is 1. The van der Waals surface area contributed by atoms with Crippen molar-refractivity contribution in [1.82, 2.24) is 9.97 Å². The Balaban J connectivity index is 1.53. The number of nitrogens with zero attached hydrogens (tertiary/aromatic N) is 3. The maximum absolute atomic E-state index is 12.3. The lowest BCUT2D eigenvalue weighted by Crippen LogP contribution is -2.11. The van der Waals surface area contributed by atoms with Crippen LogP contribution in [-0.2, 0) is 0 Å². The number of nitro groups is 1. The van der Waals surface area contributed by atoms with E-state index in [2.05, 4.69) is 15.3 Å². The van der Waals surface area contributed by atoms with E-state index >= 15 is 0 Å². The maximum Gasteiger partial charge on any atom is 0.270 e. The molecule has 4 rings (SSSR count). The summed E-state index contributed by atoms with van der Waals surface area (Å²) in [5.74, 6) is -0.407. The van der Waals surface area contributed by atoms with Gasteiger partial charge < -0.3 is 5.32 Å². The van der Waals surface area contributed by atoms with Crippen molar-refractivity contribution in [3.05, 3.63) is 82.5 Å². The van der Waals surface area contributed by atoms with Gasteiger partial charge in [0.05, 0.1) is 4.92 Å². The lowest BCUT2D eigenvalue weighted by Gasteiger charge is -2.06. The first-order chi connectivity index (χ1) is 13.1. The number of aromatic nitrogens is 2. The van der Waals surface area contributed by atoms with Crippen LogP contribution in [0, 0.1) is 10.1 Å². The Morgan fingerprint density at radius 1 is 1.07 bits per heavy atom. The highest BCUT2D eigenvalue weighted by atomic mass is 32.1. The van der Waals surface area contributed by atoms with E-state index in [1.165, 1.54) is 35.6 Å². The molecule has 2 aromatic heterocycles. The zero-order valence-electron chi connectivity index (χ0n) is 13.8. The number of rotatable bonds is 4. The lowest BCUT2D eigenvalue weighted by atomic mass is 10.1. The van der Waals surface area contributed by atoms with Crippen LogP contribution in [0.1, 0.15) is 10.4 Å². The molecule has 1 N–H and O–H groups in total. The molecule has 4 aromatic rings. The average molecular weight is 376 g/mol. The Morgan fingerprint density at radius 3 is 2.63 bits per heavy atom. The predicted molar refractivity (Wildman–Crippen MR) is 104 cm³/mol. The number of pyridine rings is 1. The lowest BCUT2D eigenvalue weighted by molar-refractivity contribution is -0.384. The van der Waals surface area contributed by atoms with E-state index in [1.54, 1.807) is 18.3 Å². The van der Waals surface area contributed by atoms with E-state index in [9.17, 15) is 14.9 Å². The molecule has 0 aliphatic heterocycles. The minimum absolute atomic E-state index is 0.123. The first-order valence-corrected chi connectivity index (χ1v) is 8.79. The minimum atomic E-state index is -0.529. The van der Waals surface area contributed by atoms with Gasteiger partial charge in [-0.3, -0.25) is 14.9 Å². The molecule has 0 aliphatic rings. The highest BCUT2D eigenvalue weighted by molar-refractivity contribution is 7.21. The van der Waals surface area contributed by atoms with Crippen LogP contribution >= 0.6 is 11.3 Å². The van der Waals surface area contributed by atoms with E-state index in [0.29, 0.717) is 5.69 Å². The van der Waals surface area contributed by atoms with Crippen molar-refractivity contribution in [3.63, 3.8) is 0 Å². The monoisotopic (exact) mass is 376 g/mol. The minimum Gasteiger partial charge on any atom is -0.322 e. The Labute approximate surface area is 157 Å². The number of carbonyl (C=O) groups excluding carboxylic acids is 1. The summed E-state index contributed by atoms with van der Waals surface area (Å²) in [5.41, 5.74) is 2.47. The van der Waals surface area contributed by atoms with Gasteiger partial charge in [0.15, 0.2) is 0 Å². The molecule has 8 heteroatoms. The standard InChI is InChI=1S/C19H12N4O3S/c24-17(13-3-1-4-15(11-13)23(25)26)21-14-8-6-12(7-9-14)18-22-16-5-2-10-20-19(16)27-18/h1-11H,(H,21,24). The third-order valence-electron chi connectivity index (χ3n) is 3.88. The zero-order chi connectivity index (χ0) is 18.8. The van der Waals surface area contributed by atoms with Crippen molar-refractivity contribution >= 4 is 39.0 Å². The van der Waals surface area contributed by atoms with Gasteiger partial charge in [-0.15, -0.1) is 0 Å². The number of amides is 1. The number of carbonyl (C=O) groups is 1. The molecule has 0 atom stereocenters. The molecule has 0 radical (unpaired) electrons. The van der Waals surface area contributed by atoms with Crippen LogP contribution in [0.15, 0.2) is 66.9 Å². The summed E-state index contributed by atoms with van der Waals surface area (Å²) >= 11 is 1.50. The van der Waals surface area contributed by atoms with Crippen LogP contribution in [0.4, 0.5) is 11.4 Å². The first kappa shape index (κ1) is 16.8. The number of benzene rings is 2. The summed E-state index contributed by atoms with van der Waals surface area (Å²) in [4.78, 5) is 32.3. The highest BCUT2D eigenvalue weighted by Crippen LogP contribution is 2.29. The molecule has 132 valence electrons. The normalized spacial score (nSPS) is 10.7. The van der Waals surface area contributed by atoms with Crippen LogP contribution in [0.2, 0.25) is 0 Å². The molecular weight excluding hydrogens is 364 g/mol. The van der Waals surface area contributed by atoms with Gasteiger partial charge in [0.25, 0.3) is 11.6 Å². The molecular formula is C19H12N4O3S. The highest BCUT2D eigenvalue weighted by Gasteiger charge is 2.12. The molecule has 7 nitrogen and oxygen atoms in total. The van der Waals surface area contributed by atoms with Crippen molar-refractivity contribution in [2.24, 2.45) is 0 Å². The van der Waals surface area contributed by atoms with Crippen molar-refractivity contribution < 1.29 is 9.72 Å². The number of nitrogens with one attached hydrogen (secondary N) is 1. The summed E-state index contributed by atoms with van der Waals surface area (Å²) in [6, 6.07) is 16.6. The average Bonchev–Trinajstić information content (AvgIpc) is 3.13. The Kier molecular flexibility index (Phi) is 4.31. The number of anilines is 1. The van der Waals surface area contributed by atoms with Crippen molar-refractivity contribution in [1.29, 1.82) is 0 Å². The molecule has 2 aromatic carbocycles. The van der Waals surface area contributed by atoms with Gasteiger partial charge in [-0.2, -0.15) is 0 Å². The fourth-order valence-electron chi connectivity index (χ4n) is 2.55. The number of hydrogen-bond acceptors (Lipinski definition) is 6. The quantitative estimate of drug-likeness (QED) is 0.417. The first-order valence-electron chi connectivity index (χ1n) is 7.98. The third-order valence-corrected chi connectivity index (χ3v) is 4.90. The molecule has 0 fully saturated rings. The van der Waals surface area contributed by atoms with E-state index < -0.39 is 10.8 Å². The van der Waals surface area contributed by atoms with Crippen molar-refractivity contribution in [2.75, 3.05) is 5.32 Å². The Morgan fingerprint density at radius 2 is 1.89 bits per heavy atom. The van der Waals surface area contributed by atoms with Crippen LogP contribution in [0.3, 0.4) is 0 Å². The van der Waals surface area contributed by atoms with Gasteiger partial charge in [0.2, 0.25) is 0 Å². The van der Waals surface area contributed by atoms with Gasteiger partial charge in [-0.25, -0.2) is 9.97 Å². The third kappa shape index (κ3) is 3.51. The second-order valence-electron chi connectivity index (χ2n) is 5.69. The molecule has 2 heterocycles. The van der Waals surface area contributed by atoms with Crippen LogP contribution < -0.4 is 5.32 Å². The van der Waals surface area contributed by atoms with E-state index in [1.807, 2.05) is 24.3 Å². The van der Waals surface area contributed by atoms with E-state index in [0.717, 1.165) is 20.9 Å². The Bertz CT molecular complexity index is 1120.